The summed E-state index contributed by atoms with van der Waals surface area (Å²) in [7, 11) is 0. The average Bonchev–Trinajstić information content (AvgIpc) is 2.82. The first-order valence-electron chi connectivity index (χ1n) is 6.47. The average molecular weight is 286 g/mol. The Labute approximate surface area is 117 Å². The largest absolute Gasteiger partial charge is 0.465 e. The summed E-state index contributed by atoms with van der Waals surface area (Å²) in [6, 6.07) is 4.34. The third-order valence-electron chi connectivity index (χ3n) is 3.35. The van der Waals surface area contributed by atoms with Crippen LogP contribution < -0.4 is 0 Å². The van der Waals surface area contributed by atoms with Crippen LogP contribution >= 0.6 is 11.6 Å². The summed E-state index contributed by atoms with van der Waals surface area (Å²) in [5.41, 5.74) is 0.445. The number of hydrogen-bond acceptors (Lipinski definition) is 3. The van der Waals surface area contributed by atoms with Crippen molar-refractivity contribution in [2.45, 2.75) is 32.4 Å². The molecule has 1 heterocycles. The smallest absolute Gasteiger partial charge is 0.323 e. The molecule has 0 amide bonds. The fourth-order valence-electron chi connectivity index (χ4n) is 2.41. The van der Waals surface area contributed by atoms with Crippen LogP contribution in [0.15, 0.2) is 18.2 Å². The second-order valence-electron chi connectivity index (χ2n) is 4.58. The summed E-state index contributed by atoms with van der Waals surface area (Å²) in [6.07, 6.45) is 1.67. The van der Waals surface area contributed by atoms with E-state index in [2.05, 4.69) is 0 Å². The van der Waals surface area contributed by atoms with Crippen molar-refractivity contribution in [2.24, 2.45) is 0 Å². The summed E-state index contributed by atoms with van der Waals surface area (Å²) >= 11 is 6.01. The zero-order chi connectivity index (χ0) is 13.8. The van der Waals surface area contributed by atoms with E-state index in [1.165, 1.54) is 6.07 Å². The summed E-state index contributed by atoms with van der Waals surface area (Å²) in [5.74, 6) is -0.561. The Morgan fingerprint density at radius 1 is 1.58 bits per heavy atom. The number of carbonyl (C=O) groups is 1. The minimum Gasteiger partial charge on any atom is -0.465 e. The van der Waals surface area contributed by atoms with Gasteiger partial charge >= 0.3 is 5.97 Å². The van der Waals surface area contributed by atoms with Crippen molar-refractivity contribution in [3.05, 3.63) is 34.6 Å². The van der Waals surface area contributed by atoms with Crippen molar-refractivity contribution in [1.29, 1.82) is 0 Å². The van der Waals surface area contributed by atoms with Gasteiger partial charge in [0.1, 0.15) is 11.9 Å². The maximum Gasteiger partial charge on any atom is 0.323 e. The van der Waals surface area contributed by atoms with E-state index in [1.807, 2.05) is 4.90 Å². The van der Waals surface area contributed by atoms with Crippen molar-refractivity contribution in [1.82, 2.24) is 4.90 Å². The molecule has 1 saturated heterocycles. The van der Waals surface area contributed by atoms with E-state index in [-0.39, 0.29) is 17.8 Å². The highest BCUT2D eigenvalue weighted by Gasteiger charge is 2.32. The summed E-state index contributed by atoms with van der Waals surface area (Å²) in [6.45, 7) is 3.25. The van der Waals surface area contributed by atoms with Crippen LogP contribution in [0.1, 0.15) is 25.3 Å². The van der Waals surface area contributed by atoms with Gasteiger partial charge in [0.15, 0.2) is 0 Å². The van der Waals surface area contributed by atoms with Crippen LogP contribution in [-0.4, -0.2) is 30.1 Å². The Kier molecular flexibility index (Phi) is 4.77. The van der Waals surface area contributed by atoms with E-state index < -0.39 is 0 Å². The molecule has 0 N–H and O–H groups in total. The van der Waals surface area contributed by atoms with Crippen LogP contribution in [-0.2, 0) is 16.1 Å². The molecule has 1 unspecified atom stereocenters. The number of nitrogens with zero attached hydrogens (tertiary/aromatic N) is 1. The molecule has 1 aromatic rings. The molecule has 1 aromatic carbocycles. The molecule has 1 atom stereocenters. The number of esters is 1. The van der Waals surface area contributed by atoms with Gasteiger partial charge < -0.3 is 4.74 Å². The number of carbonyl (C=O) groups excluding carboxylic acids is 1. The van der Waals surface area contributed by atoms with Gasteiger partial charge in [-0.1, -0.05) is 17.7 Å². The normalized spacial score (nSPS) is 19.6. The zero-order valence-corrected chi connectivity index (χ0v) is 11.6. The third kappa shape index (κ3) is 3.25. The molecule has 0 radical (unpaired) electrons. The fraction of sp³-hybridized carbons (Fsp3) is 0.500. The molecule has 0 bridgehead atoms. The first-order valence-corrected chi connectivity index (χ1v) is 6.85. The molecule has 1 aliphatic heterocycles. The van der Waals surface area contributed by atoms with Crippen molar-refractivity contribution in [3.63, 3.8) is 0 Å². The second kappa shape index (κ2) is 6.35. The molecule has 1 fully saturated rings. The fourth-order valence-corrected chi connectivity index (χ4v) is 2.63. The van der Waals surface area contributed by atoms with Gasteiger partial charge in [0.25, 0.3) is 0 Å². The van der Waals surface area contributed by atoms with E-state index in [4.69, 9.17) is 16.3 Å². The predicted octanol–water partition coefficient (Wildman–Crippen LogP) is 3.01. The molecular formula is C14H17ClFNO2. The van der Waals surface area contributed by atoms with Gasteiger partial charge in [-0.05, 0) is 38.4 Å². The van der Waals surface area contributed by atoms with E-state index >= 15 is 0 Å². The quantitative estimate of drug-likeness (QED) is 0.797. The molecule has 0 aliphatic carbocycles. The van der Waals surface area contributed by atoms with Crippen molar-refractivity contribution in [2.75, 3.05) is 13.2 Å². The molecule has 0 spiro atoms. The second-order valence-corrected chi connectivity index (χ2v) is 4.99. The topological polar surface area (TPSA) is 29.5 Å². The molecule has 0 aromatic heterocycles. The van der Waals surface area contributed by atoms with E-state index in [9.17, 15) is 9.18 Å². The standard InChI is InChI=1S/C14H17ClFNO2/c1-2-19-14(18)13-7-4-8-17(13)9-10-11(15)5-3-6-12(10)16/h3,5-6,13H,2,4,7-9H2,1H3. The number of halogens is 2. The molecule has 5 heteroatoms. The van der Waals surface area contributed by atoms with Gasteiger partial charge in [0, 0.05) is 17.1 Å². The molecule has 19 heavy (non-hydrogen) atoms. The predicted molar refractivity (Wildman–Crippen MR) is 71.5 cm³/mol. The van der Waals surface area contributed by atoms with Crippen molar-refractivity contribution >= 4 is 17.6 Å². The first-order chi connectivity index (χ1) is 9.13. The van der Waals surface area contributed by atoms with Crippen molar-refractivity contribution in [3.8, 4) is 0 Å². The lowest BCUT2D eigenvalue weighted by molar-refractivity contribution is -0.148. The Morgan fingerprint density at radius 3 is 3.05 bits per heavy atom. The van der Waals surface area contributed by atoms with Crippen LogP contribution in [0.3, 0.4) is 0 Å². The molecule has 2 rings (SSSR count). The molecule has 104 valence electrons. The number of benzene rings is 1. The number of hydrogen-bond donors (Lipinski definition) is 0. The molecule has 3 nitrogen and oxygen atoms in total. The Bertz CT molecular complexity index is 447. The Balaban J connectivity index is 2.11. The van der Waals surface area contributed by atoms with Crippen molar-refractivity contribution < 1.29 is 13.9 Å². The van der Waals surface area contributed by atoms with Gasteiger partial charge in [-0.15, -0.1) is 0 Å². The van der Waals surface area contributed by atoms with E-state index in [0.29, 0.717) is 23.7 Å². The molecule has 1 aliphatic rings. The van der Waals surface area contributed by atoms with Gasteiger partial charge in [-0.3, -0.25) is 9.69 Å². The SMILES string of the molecule is CCOC(=O)C1CCCN1Cc1c(F)cccc1Cl. The van der Waals surface area contributed by atoms with Crippen LogP contribution in [0, 0.1) is 5.82 Å². The minimum absolute atomic E-state index is 0.229. The maximum atomic E-state index is 13.8. The van der Waals surface area contributed by atoms with E-state index in [1.54, 1.807) is 19.1 Å². The Morgan fingerprint density at radius 2 is 2.37 bits per heavy atom. The number of rotatable bonds is 4. The van der Waals surface area contributed by atoms with Gasteiger partial charge in [0.2, 0.25) is 0 Å². The Hall–Kier alpha value is -1.13. The third-order valence-corrected chi connectivity index (χ3v) is 3.70. The lowest BCUT2D eigenvalue weighted by Crippen LogP contribution is -2.37. The lowest BCUT2D eigenvalue weighted by atomic mass is 10.1. The first kappa shape index (κ1) is 14.3. The number of ether oxygens (including phenoxy) is 1. The van der Waals surface area contributed by atoms with Crippen LogP contribution in [0.4, 0.5) is 4.39 Å². The van der Waals surface area contributed by atoms with E-state index in [0.717, 1.165) is 19.4 Å². The summed E-state index contributed by atoms with van der Waals surface area (Å²) in [4.78, 5) is 13.8. The maximum absolute atomic E-state index is 13.8. The zero-order valence-electron chi connectivity index (χ0n) is 10.9. The van der Waals surface area contributed by atoms with Crippen LogP contribution in [0.5, 0.6) is 0 Å². The van der Waals surface area contributed by atoms with Gasteiger partial charge in [-0.2, -0.15) is 0 Å². The summed E-state index contributed by atoms with van der Waals surface area (Å²) < 4.78 is 18.8. The van der Waals surface area contributed by atoms with Crippen LogP contribution in [0.2, 0.25) is 5.02 Å². The highest BCUT2D eigenvalue weighted by molar-refractivity contribution is 6.31. The van der Waals surface area contributed by atoms with Gasteiger partial charge in [0.05, 0.1) is 6.61 Å². The van der Waals surface area contributed by atoms with Gasteiger partial charge in [-0.25, -0.2) is 4.39 Å². The molecule has 0 saturated carbocycles. The minimum atomic E-state index is -0.331. The number of likely N-dealkylation sites (tertiary alicyclic amines) is 1. The highest BCUT2D eigenvalue weighted by Crippen LogP contribution is 2.26. The highest BCUT2D eigenvalue weighted by atomic mass is 35.5. The monoisotopic (exact) mass is 285 g/mol. The molecular weight excluding hydrogens is 269 g/mol. The lowest BCUT2D eigenvalue weighted by Gasteiger charge is -2.23. The van der Waals surface area contributed by atoms with Crippen LogP contribution in [0.25, 0.3) is 0 Å². The summed E-state index contributed by atoms with van der Waals surface area (Å²) in [5, 5.41) is 0.398.